The van der Waals surface area contributed by atoms with Crippen molar-refractivity contribution in [1.82, 2.24) is 4.31 Å². The summed E-state index contributed by atoms with van der Waals surface area (Å²) in [5.74, 6) is 0.456. The Balaban J connectivity index is 2.38. The van der Waals surface area contributed by atoms with E-state index in [1.54, 1.807) is 6.07 Å². The van der Waals surface area contributed by atoms with Crippen LogP contribution in [0.4, 0.5) is 0 Å². The van der Waals surface area contributed by atoms with Crippen LogP contribution in [0.1, 0.15) is 26.2 Å². The Bertz CT molecular complexity index is 604. The van der Waals surface area contributed by atoms with Gasteiger partial charge in [-0.05, 0) is 38.0 Å². The van der Waals surface area contributed by atoms with Gasteiger partial charge in [0.1, 0.15) is 5.75 Å². The fourth-order valence-corrected chi connectivity index (χ4v) is 4.82. The minimum atomic E-state index is -3.59. The van der Waals surface area contributed by atoms with Crippen molar-refractivity contribution in [2.75, 3.05) is 13.7 Å². The molecule has 1 aliphatic rings. The molecular formula is C14H21ClN2O3S. The van der Waals surface area contributed by atoms with Crippen LogP contribution in [0.3, 0.4) is 0 Å². The predicted octanol–water partition coefficient (Wildman–Crippen LogP) is 2.24. The number of rotatable bonds is 4. The van der Waals surface area contributed by atoms with Crippen molar-refractivity contribution in [2.24, 2.45) is 5.73 Å². The first-order valence-corrected chi connectivity index (χ1v) is 8.80. The molecule has 1 aromatic rings. The van der Waals surface area contributed by atoms with Crippen LogP contribution in [0.25, 0.3) is 0 Å². The molecule has 0 spiro atoms. The molecule has 0 aliphatic carbocycles. The number of methoxy groups -OCH3 is 1. The van der Waals surface area contributed by atoms with Crippen molar-refractivity contribution in [3.05, 3.63) is 23.2 Å². The minimum Gasteiger partial charge on any atom is -0.495 e. The fraction of sp³-hybridized carbons (Fsp3) is 0.571. The Morgan fingerprint density at radius 2 is 2.14 bits per heavy atom. The van der Waals surface area contributed by atoms with Crippen LogP contribution in [0.5, 0.6) is 5.75 Å². The lowest BCUT2D eigenvalue weighted by Crippen LogP contribution is -2.51. The Labute approximate surface area is 131 Å². The Morgan fingerprint density at radius 1 is 1.43 bits per heavy atom. The number of nitrogens with zero attached hydrogens (tertiary/aromatic N) is 1. The molecule has 0 saturated carbocycles. The molecule has 5 nitrogen and oxygen atoms in total. The van der Waals surface area contributed by atoms with Gasteiger partial charge in [0, 0.05) is 18.6 Å². The average Bonchev–Trinajstić information content (AvgIpc) is 2.47. The van der Waals surface area contributed by atoms with Gasteiger partial charge in [0.15, 0.2) is 0 Å². The molecule has 1 saturated heterocycles. The van der Waals surface area contributed by atoms with Crippen LogP contribution < -0.4 is 10.5 Å². The average molecular weight is 333 g/mol. The van der Waals surface area contributed by atoms with Gasteiger partial charge in [0.05, 0.1) is 17.0 Å². The summed E-state index contributed by atoms with van der Waals surface area (Å²) in [5.41, 5.74) is 5.96. The van der Waals surface area contributed by atoms with Crippen molar-refractivity contribution in [1.29, 1.82) is 0 Å². The first-order chi connectivity index (χ1) is 9.87. The van der Waals surface area contributed by atoms with Gasteiger partial charge >= 0.3 is 0 Å². The molecule has 2 unspecified atom stereocenters. The molecule has 1 aliphatic heterocycles. The molecule has 1 aromatic carbocycles. The van der Waals surface area contributed by atoms with E-state index < -0.39 is 10.0 Å². The number of hydrogen-bond donors (Lipinski definition) is 1. The first-order valence-electron chi connectivity index (χ1n) is 6.99. The lowest BCUT2D eigenvalue weighted by atomic mass is 10.00. The lowest BCUT2D eigenvalue weighted by Gasteiger charge is -2.36. The maximum atomic E-state index is 12.8. The highest BCUT2D eigenvalue weighted by molar-refractivity contribution is 7.89. The zero-order valence-electron chi connectivity index (χ0n) is 12.3. The summed E-state index contributed by atoms with van der Waals surface area (Å²) in [7, 11) is -2.10. The summed E-state index contributed by atoms with van der Waals surface area (Å²) in [6.07, 6.45) is 2.65. The number of halogens is 1. The van der Waals surface area contributed by atoms with Crippen LogP contribution in [-0.2, 0) is 10.0 Å². The molecule has 1 fully saturated rings. The molecule has 2 N–H and O–H groups in total. The fourth-order valence-electron chi connectivity index (χ4n) is 2.70. The largest absolute Gasteiger partial charge is 0.495 e. The molecular weight excluding hydrogens is 312 g/mol. The van der Waals surface area contributed by atoms with Gasteiger partial charge < -0.3 is 10.5 Å². The molecule has 1 heterocycles. The van der Waals surface area contributed by atoms with Crippen LogP contribution in [0, 0.1) is 0 Å². The smallest absolute Gasteiger partial charge is 0.243 e. The van der Waals surface area contributed by atoms with Crippen molar-refractivity contribution in [2.45, 2.75) is 43.2 Å². The van der Waals surface area contributed by atoms with Crippen LogP contribution in [0.2, 0.25) is 5.02 Å². The molecule has 0 aromatic heterocycles. The van der Waals surface area contributed by atoms with Gasteiger partial charge in [-0.3, -0.25) is 0 Å². The minimum absolute atomic E-state index is 0.162. The van der Waals surface area contributed by atoms with Gasteiger partial charge in [-0.15, -0.1) is 0 Å². The van der Waals surface area contributed by atoms with E-state index in [-0.39, 0.29) is 22.0 Å². The number of sulfonamides is 1. The zero-order valence-corrected chi connectivity index (χ0v) is 13.8. The Morgan fingerprint density at radius 3 is 2.71 bits per heavy atom. The van der Waals surface area contributed by atoms with Crippen LogP contribution >= 0.6 is 11.6 Å². The summed E-state index contributed by atoms with van der Waals surface area (Å²) in [4.78, 5) is 0.181. The highest BCUT2D eigenvalue weighted by Crippen LogP contribution is 2.31. The lowest BCUT2D eigenvalue weighted by molar-refractivity contribution is 0.227. The molecule has 21 heavy (non-hydrogen) atoms. The van der Waals surface area contributed by atoms with Gasteiger partial charge in [-0.2, -0.15) is 4.31 Å². The second-order valence-corrected chi connectivity index (χ2v) is 7.63. The van der Waals surface area contributed by atoms with E-state index in [4.69, 9.17) is 22.1 Å². The van der Waals surface area contributed by atoms with Gasteiger partial charge in [0.2, 0.25) is 10.0 Å². The summed E-state index contributed by atoms with van der Waals surface area (Å²) in [5, 5.41) is 0.285. The molecule has 0 bridgehead atoms. The monoisotopic (exact) mass is 332 g/mol. The van der Waals surface area contributed by atoms with Crippen LogP contribution in [0.15, 0.2) is 23.1 Å². The normalized spacial score (nSPS) is 22.0. The number of hydrogen-bond acceptors (Lipinski definition) is 4. The van der Waals surface area contributed by atoms with E-state index in [2.05, 4.69) is 0 Å². The van der Waals surface area contributed by atoms with Gasteiger partial charge in [-0.1, -0.05) is 18.0 Å². The van der Waals surface area contributed by atoms with E-state index in [1.807, 2.05) is 6.92 Å². The van der Waals surface area contributed by atoms with Crippen LogP contribution in [-0.4, -0.2) is 38.5 Å². The topological polar surface area (TPSA) is 72.6 Å². The van der Waals surface area contributed by atoms with E-state index in [0.29, 0.717) is 12.3 Å². The zero-order chi connectivity index (χ0) is 15.6. The second-order valence-electron chi connectivity index (χ2n) is 5.33. The van der Waals surface area contributed by atoms with E-state index >= 15 is 0 Å². The molecule has 118 valence electrons. The molecule has 2 rings (SSSR count). The molecule has 2 atom stereocenters. The SMILES string of the molecule is COc1ccc(S(=O)(=O)N2CCCCC2C(C)N)cc1Cl. The predicted molar refractivity (Wildman–Crippen MR) is 83.2 cm³/mol. The molecule has 0 radical (unpaired) electrons. The molecule has 7 heteroatoms. The summed E-state index contributed by atoms with van der Waals surface area (Å²) < 4.78 is 32.2. The Kier molecular flexibility index (Phi) is 5.14. The summed E-state index contributed by atoms with van der Waals surface area (Å²) in [6.45, 7) is 2.34. The highest BCUT2D eigenvalue weighted by Gasteiger charge is 2.35. The molecule has 0 amide bonds. The first kappa shape index (κ1) is 16.5. The second kappa shape index (κ2) is 6.52. The van der Waals surface area contributed by atoms with Crippen molar-refractivity contribution >= 4 is 21.6 Å². The van der Waals surface area contributed by atoms with Gasteiger partial charge in [-0.25, -0.2) is 8.42 Å². The van der Waals surface area contributed by atoms with Crippen molar-refractivity contribution < 1.29 is 13.2 Å². The van der Waals surface area contributed by atoms with E-state index in [9.17, 15) is 8.42 Å². The third-order valence-corrected chi connectivity index (χ3v) is 6.05. The maximum Gasteiger partial charge on any atom is 0.243 e. The van der Waals surface area contributed by atoms with E-state index in [0.717, 1.165) is 19.3 Å². The quantitative estimate of drug-likeness (QED) is 0.917. The standard InChI is InChI=1S/C14H21ClN2O3S/c1-10(16)13-5-3-4-8-17(13)21(18,19)11-6-7-14(20-2)12(15)9-11/h6-7,9-10,13H,3-5,8,16H2,1-2H3. The third-order valence-electron chi connectivity index (χ3n) is 3.84. The number of ether oxygens (including phenoxy) is 1. The van der Waals surface area contributed by atoms with Gasteiger partial charge in [0.25, 0.3) is 0 Å². The third kappa shape index (κ3) is 3.34. The van der Waals surface area contributed by atoms with E-state index in [1.165, 1.54) is 23.5 Å². The highest BCUT2D eigenvalue weighted by atomic mass is 35.5. The summed E-state index contributed by atoms with van der Waals surface area (Å²) >= 11 is 6.04. The summed E-state index contributed by atoms with van der Waals surface area (Å²) in [6, 6.07) is 4.16. The number of nitrogens with two attached hydrogens (primary N) is 1. The van der Waals surface area contributed by atoms with Crippen molar-refractivity contribution in [3.63, 3.8) is 0 Å². The maximum absolute atomic E-state index is 12.8. The number of benzene rings is 1. The number of piperidine rings is 1. The van der Waals surface area contributed by atoms with Crippen molar-refractivity contribution in [3.8, 4) is 5.75 Å². The Hall–Kier alpha value is -0.820.